The van der Waals surface area contributed by atoms with Crippen LogP contribution in [0.15, 0.2) is 47.4 Å². The first-order valence-corrected chi connectivity index (χ1v) is 12.1. The monoisotopic (exact) mass is 480 g/mol. The molecular weight excluding hydrogens is 452 g/mol. The third-order valence-corrected chi connectivity index (χ3v) is 6.04. The SMILES string of the molecule is CC(=O)Nc1ccc(S(=O)(=O)Oc2ccc(Cl)cc2CN(C(=O)CC(C)C)C(C)C)cc1. The van der Waals surface area contributed by atoms with E-state index in [1.165, 1.54) is 43.3 Å². The van der Waals surface area contributed by atoms with E-state index in [-0.39, 0.29) is 41.0 Å². The molecule has 0 unspecified atom stereocenters. The third kappa shape index (κ3) is 7.24. The van der Waals surface area contributed by atoms with Crippen LogP contribution in [0, 0.1) is 5.92 Å². The molecule has 0 bridgehead atoms. The summed E-state index contributed by atoms with van der Waals surface area (Å²) in [4.78, 5) is 25.5. The van der Waals surface area contributed by atoms with Gasteiger partial charge in [0, 0.05) is 42.2 Å². The van der Waals surface area contributed by atoms with E-state index in [4.69, 9.17) is 15.8 Å². The van der Waals surface area contributed by atoms with E-state index in [2.05, 4.69) is 5.32 Å². The molecule has 0 radical (unpaired) electrons. The van der Waals surface area contributed by atoms with Gasteiger partial charge >= 0.3 is 10.1 Å². The van der Waals surface area contributed by atoms with Gasteiger partial charge in [-0.1, -0.05) is 25.4 Å². The molecule has 0 aliphatic carbocycles. The second kappa shape index (κ2) is 10.8. The number of rotatable bonds is 9. The summed E-state index contributed by atoms with van der Waals surface area (Å²) in [7, 11) is -4.15. The summed E-state index contributed by atoms with van der Waals surface area (Å²) in [6.45, 7) is 9.26. The lowest BCUT2D eigenvalue weighted by atomic mass is 10.1. The maximum absolute atomic E-state index is 12.8. The third-order valence-electron chi connectivity index (χ3n) is 4.55. The number of carbonyl (C=O) groups excluding carboxylic acids is 2. The second-order valence-corrected chi connectivity index (χ2v) is 10.2. The summed E-state index contributed by atoms with van der Waals surface area (Å²) in [5, 5.41) is 2.98. The molecule has 0 spiro atoms. The molecule has 9 heteroatoms. The van der Waals surface area contributed by atoms with Crippen LogP contribution in [0.3, 0.4) is 0 Å². The minimum absolute atomic E-state index is 0.0302. The van der Waals surface area contributed by atoms with Crippen molar-refractivity contribution < 1.29 is 22.2 Å². The average molecular weight is 481 g/mol. The number of amides is 2. The molecule has 1 N–H and O–H groups in total. The van der Waals surface area contributed by atoms with Crippen LogP contribution in [0.1, 0.15) is 46.6 Å². The zero-order chi connectivity index (χ0) is 24.1. The van der Waals surface area contributed by atoms with Gasteiger partial charge in [-0.15, -0.1) is 0 Å². The Morgan fingerprint density at radius 3 is 2.22 bits per heavy atom. The van der Waals surface area contributed by atoms with Gasteiger partial charge < -0.3 is 14.4 Å². The zero-order valence-electron chi connectivity index (χ0n) is 18.9. The van der Waals surface area contributed by atoms with Crippen molar-refractivity contribution in [2.45, 2.75) is 58.5 Å². The van der Waals surface area contributed by atoms with Crippen molar-refractivity contribution in [2.24, 2.45) is 5.92 Å². The predicted molar refractivity (Wildman–Crippen MR) is 125 cm³/mol. The highest BCUT2D eigenvalue weighted by Crippen LogP contribution is 2.29. The van der Waals surface area contributed by atoms with Crippen LogP contribution >= 0.6 is 11.6 Å². The Bertz CT molecular complexity index is 1070. The molecule has 0 fully saturated rings. The molecule has 2 aromatic carbocycles. The van der Waals surface area contributed by atoms with Crippen molar-refractivity contribution in [1.29, 1.82) is 0 Å². The highest BCUT2D eigenvalue weighted by molar-refractivity contribution is 7.87. The molecule has 2 rings (SSSR count). The lowest BCUT2D eigenvalue weighted by molar-refractivity contribution is -0.134. The maximum Gasteiger partial charge on any atom is 0.339 e. The van der Waals surface area contributed by atoms with Gasteiger partial charge in [0.05, 0.1) is 0 Å². The smallest absolute Gasteiger partial charge is 0.339 e. The normalized spacial score (nSPS) is 11.5. The lowest BCUT2D eigenvalue weighted by Crippen LogP contribution is -2.37. The molecule has 2 amide bonds. The standard InChI is InChI=1S/C23H29ClN2O5S/c1-15(2)12-23(28)26(16(3)4)14-18-13-19(24)6-11-22(18)31-32(29,30)21-9-7-20(8-10-21)25-17(5)27/h6-11,13,15-16H,12,14H2,1-5H3,(H,25,27). The minimum atomic E-state index is -4.15. The molecule has 174 valence electrons. The van der Waals surface area contributed by atoms with Crippen LogP contribution in [0.4, 0.5) is 5.69 Å². The number of anilines is 1. The fourth-order valence-corrected chi connectivity index (χ4v) is 4.20. The number of nitrogens with one attached hydrogen (secondary N) is 1. The van der Waals surface area contributed by atoms with E-state index < -0.39 is 10.1 Å². The molecule has 32 heavy (non-hydrogen) atoms. The molecule has 0 aromatic heterocycles. The van der Waals surface area contributed by atoms with Gasteiger partial charge in [0.2, 0.25) is 11.8 Å². The zero-order valence-corrected chi connectivity index (χ0v) is 20.5. The number of benzene rings is 2. The van der Waals surface area contributed by atoms with Crippen LogP contribution < -0.4 is 9.50 Å². The quantitative estimate of drug-likeness (QED) is 0.518. The Morgan fingerprint density at radius 2 is 1.69 bits per heavy atom. The number of carbonyl (C=O) groups is 2. The minimum Gasteiger partial charge on any atom is -0.379 e. The Labute approximate surface area is 194 Å². The summed E-state index contributed by atoms with van der Waals surface area (Å²) < 4.78 is 31.1. The molecule has 0 saturated carbocycles. The first-order valence-electron chi connectivity index (χ1n) is 10.3. The van der Waals surface area contributed by atoms with Gasteiger partial charge in [-0.05, 0) is 62.2 Å². The number of halogens is 1. The van der Waals surface area contributed by atoms with E-state index in [0.29, 0.717) is 22.7 Å². The summed E-state index contributed by atoms with van der Waals surface area (Å²) in [6.07, 6.45) is 0.383. The van der Waals surface area contributed by atoms with Crippen LogP contribution in [-0.2, 0) is 26.3 Å². The van der Waals surface area contributed by atoms with Crippen molar-refractivity contribution in [3.05, 3.63) is 53.1 Å². The van der Waals surface area contributed by atoms with E-state index in [9.17, 15) is 18.0 Å². The average Bonchev–Trinajstić information content (AvgIpc) is 2.67. The maximum atomic E-state index is 12.8. The molecule has 0 atom stereocenters. The highest BCUT2D eigenvalue weighted by Gasteiger charge is 2.23. The number of hydrogen-bond donors (Lipinski definition) is 1. The predicted octanol–water partition coefficient (Wildman–Crippen LogP) is 4.85. The van der Waals surface area contributed by atoms with Crippen LogP contribution in [0.5, 0.6) is 5.75 Å². The van der Waals surface area contributed by atoms with Crippen molar-refractivity contribution in [1.82, 2.24) is 4.90 Å². The van der Waals surface area contributed by atoms with E-state index >= 15 is 0 Å². The summed E-state index contributed by atoms with van der Waals surface area (Å²) >= 11 is 6.15. The lowest BCUT2D eigenvalue weighted by Gasteiger charge is -2.28. The number of hydrogen-bond acceptors (Lipinski definition) is 5. The van der Waals surface area contributed by atoms with Gasteiger partial charge in [-0.3, -0.25) is 9.59 Å². The van der Waals surface area contributed by atoms with E-state index in [0.717, 1.165) is 0 Å². The van der Waals surface area contributed by atoms with Crippen molar-refractivity contribution >= 4 is 39.2 Å². The second-order valence-electron chi connectivity index (χ2n) is 8.21. The Hall–Kier alpha value is -2.58. The fourth-order valence-electron chi connectivity index (χ4n) is 3.04. The van der Waals surface area contributed by atoms with Crippen molar-refractivity contribution in [3.8, 4) is 5.75 Å². The van der Waals surface area contributed by atoms with Gasteiger partial charge in [0.1, 0.15) is 10.6 Å². The first-order chi connectivity index (χ1) is 14.9. The largest absolute Gasteiger partial charge is 0.379 e. The van der Waals surface area contributed by atoms with Gasteiger partial charge in [-0.2, -0.15) is 8.42 Å². The van der Waals surface area contributed by atoms with Crippen LogP contribution in [0.2, 0.25) is 5.02 Å². The molecule has 0 saturated heterocycles. The molecular formula is C23H29ClN2O5S. The van der Waals surface area contributed by atoms with Gasteiger partial charge in [0.25, 0.3) is 0 Å². The van der Waals surface area contributed by atoms with Crippen molar-refractivity contribution in [2.75, 3.05) is 5.32 Å². The highest BCUT2D eigenvalue weighted by atomic mass is 35.5. The van der Waals surface area contributed by atoms with Crippen molar-refractivity contribution in [3.63, 3.8) is 0 Å². The van der Waals surface area contributed by atoms with E-state index in [1.54, 1.807) is 11.0 Å². The van der Waals surface area contributed by atoms with E-state index in [1.807, 2.05) is 27.7 Å². The molecule has 0 heterocycles. The Kier molecular flexibility index (Phi) is 8.69. The fraction of sp³-hybridized carbons (Fsp3) is 0.391. The van der Waals surface area contributed by atoms with Gasteiger partial charge in [0.15, 0.2) is 0 Å². The number of nitrogens with zero attached hydrogens (tertiary/aromatic N) is 1. The molecule has 0 aliphatic rings. The summed E-state index contributed by atoms with van der Waals surface area (Å²) in [5.74, 6) is 0.00438. The molecule has 0 aliphatic heterocycles. The van der Waals surface area contributed by atoms with Gasteiger partial charge in [-0.25, -0.2) is 0 Å². The summed E-state index contributed by atoms with van der Waals surface area (Å²) in [6, 6.07) is 10.2. The van der Waals surface area contributed by atoms with Crippen LogP contribution in [-0.4, -0.2) is 31.2 Å². The first kappa shape index (κ1) is 25.7. The molecule has 7 nitrogen and oxygen atoms in total. The Balaban J connectivity index is 2.32. The summed E-state index contributed by atoms with van der Waals surface area (Å²) in [5.41, 5.74) is 0.960. The molecule has 2 aromatic rings. The Morgan fingerprint density at radius 1 is 1.06 bits per heavy atom. The van der Waals surface area contributed by atoms with Crippen LogP contribution in [0.25, 0.3) is 0 Å². The topological polar surface area (TPSA) is 92.8 Å².